The zero-order chi connectivity index (χ0) is 33.8. The third-order valence-corrected chi connectivity index (χ3v) is 11.2. The molecule has 2 aromatic carbocycles. The average Bonchev–Trinajstić information content (AvgIpc) is 3.27. The standard InChI is InChI=1S/C36H51ClN8O3/c1-3-26-22-25(23-30(37)33(26)38)24-32(34(46)43-13-9-28(10-14-43)42-20-18-41(2)19-21-42)40-35(47)44-15-11-29(12-16-44)45-17-8-27-6-4-5-7-31(27)39-36(45)48/h4-7,22-23,28-29,32H,3,8-21,24,38H2,1-2H3,(H,39,48)(H,40,47). The van der Waals surface area contributed by atoms with Crippen molar-refractivity contribution in [2.45, 2.75) is 70.0 Å². The molecule has 0 saturated carbocycles. The van der Waals surface area contributed by atoms with Gasteiger partial charge in [0, 0.05) is 83.1 Å². The van der Waals surface area contributed by atoms with Crippen LogP contribution in [0.4, 0.5) is 21.0 Å². The van der Waals surface area contributed by atoms with Gasteiger partial charge in [-0.25, -0.2) is 9.59 Å². The van der Waals surface area contributed by atoms with E-state index < -0.39 is 6.04 Å². The number of nitrogen functional groups attached to an aromatic ring is 1. The SMILES string of the molecule is CCc1cc(CC(NC(=O)N2CCC(N3CCc4ccccc4NC3=O)CC2)C(=O)N2CCC(N3CCN(C)CC3)CC2)cc(Cl)c1N. The van der Waals surface area contributed by atoms with Gasteiger partial charge < -0.3 is 36.0 Å². The summed E-state index contributed by atoms with van der Waals surface area (Å²) in [4.78, 5) is 51.6. The van der Waals surface area contributed by atoms with E-state index in [1.807, 2.05) is 47.1 Å². The second-order valence-electron chi connectivity index (χ2n) is 13.9. The molecular weight excluding hydrogens is 628 g/mol. The third-order valence-electron chi connectivity index (χ3n) is 10.9. The second kappa shape index (κ2) is 15.3. The second-order valence-corrected chi connectivity index (χ2v) is 14.3. The van der Waals surface area contributed by atoms with Crippen LogP contribution in [0.2, 0.25) is 5.02 Å². The maximum absolute atomic E-state index is 14.1. The van der Waals surface area contributed by atoms with E-state index >= 15 is 0 Å². The van der Waals surface area contributed by atoms with Gasteiger partial charge in [-0.1, -0.05) is 42.8 Å². The van der Waals surface area contributed by atoms with Gasteiger partial charge in [0.1, 0.15) is 6.04 Å². The lowest BCUT2D eigenvalue weighted by molar-refractivity contribution is -0.135. The van der Waals surface area contributed by atoms with Gasteiger partial charge in [0.25, 0.3) is 0 Å². The first-order valence-electron chi connectivity index (χ1n) is 17.7. The number of urea groups is 2. The number of para-hydroxylation sites is 1. The highest BCUT2D eigenvalue weighted by Gasteiger charge is 2.35. The molecule has 1 atom stereocenters. The molecule has 4 aliphatic heterocycles. The molecule has 260 valence electrons. The van der Waals surface area contributed by atoms with Crippen LogP contribution in [0.25, 0.3) is 0 Å². The first-order chi connectivity index (χ1) is 23.2. The Kier molecular flexibility index (Phi) is 11.0. The smallest absolute Gasteiger partial charge is 0.322 e. The molecule has 48 heavy (non-hydrogen) atoms. The minimum atomic E-state index is -0.727. The number of rotatable bonds is 7. The highest BCUT2D eigenvalue weighted by Crippen LogP contribution is 2.28. The van der Waals surface area contributed by atoms with E-state index in [9.17, 15) is 14.4 Å². The van der Waals surface area contributed by atoms with Gasteiger partial charge in [0.2, 0.25) is 5.91 Å². The summed E-state index contributed by atoms with van der Waals surface area (Å²) < 4.78 is 0. The monoisotopic (exact) mass is 678 g/mol. The Labute approximate surface area is 289 Å². The number of carbonyl (C=O) groups excluding carboxylic acids is 3. The van der Waals surface area contributed by atoms with Crippen LogP contribution in [0.5, 0.6) is 0 Å². The number of likely N-dealkylation sites (tertiary alicyclic amines) is 2. The third kappa shape index (κ3) is 7.84. The summed E-state index contributed by atoms with van der Waals surface area (Å²) in [7, 11) is 2.17. The highest BCUT2D eigenvalue weighted by atomic mass is 35.5. The molecule has 2 aromatic rings. The summed E-state index contributed by atoms with van der Waals surface area (Å²) >= 11 is 6.50. The largest absolute Gasteiger partial charge is 0.397 e. The van der Waals surface area contributed by atoms with Gasteiger partial charge in [-0.3, -0.25) is 9.69 Å². The maximum atomic E-state index is 14.1. The van der Waals surface area contributed by atoms with Gasteiger partial charge >= 0.3 is 12.1 Å². The zero-order valence-corrected chi connectivity index (χ0v) is 29.2. The minimum absolute atomic E-state index is 0.0479. The number of halogens is 1. The molecule has 3 fully saturated rings. The van der Waals surface area contributed by atoms with Crippen molar-refractivity contribution in [1.29, 1.82) is 0 Å². The molecule has 11 nitrogen and oxygen atoms in total. The number of likely N-dealkylation sites (N-methyl/N-ethyl adjacent to an activating group) is 1. The van der Waals surface area contributed by atoms with E-state index in [-0.39, 0.29) is 24.0 Å². The summed E-state index contributed by atoms with van der Waals surface area (Å²) in [5.41, 5.74) is 10.6. The average molecular weight is 679 g/mol. The number of piperidine rings is 2. The van der Waals surface area contributed by atoms with Crippen LogP contribution in [0.15, 0.2) is 36.4 Å². The minimum Gasteiger partial charge on any atom is -0.397 e. The van der Waals surface area contributed by atoms with Crippen molar-refractivity contribution in [3.05, 3.63) is 58.1 Å². The number of hydrogen-bond donors (Lipinski definition) is 3. The first kappa shape index (κ1) is 34.3. The fourth-order valence-electron chi connectivity index (χ4n) is 7.80. The molecule has 0 aliphatic carbocycles. The first-order valence-corrected chi connectivity index (χ1v) is 18.1. The van der Waals surface area contributed by atoms with Crippen molar-refractivity contribution in [3.63, 3.8) is 0 Å². The molecule has 6 rings (SSSR count). The zero-order valence-electron chi connectivity index (χ0n) is 28.4. The number of amides is 5. The van der Waals surface area contributed by atoms with Gasteiger partial charge in [0.05, 0.1) is 10.7 Å². The Morgan fingerprint density at radius 2 is 1.60 bits per heavy atom. The van der Waals surface area contributed by atoms with E-state index in [4.69, 9.17) is 17.3 Å². The van der Waals surface area contributed by atoms with Gasteiger partial charge in [-0.05, 0) is 74.4 Å². The van der Waals surface area contributed by atoms with Crippen molar-refractivity contribution in [1.82, 2.24) is 29.8 Å². The lowest BCUT2D eigenvalue weighted by Gasteiger charge is -2.42. The number of carbonyl (C=O) groups is 3. The Balaban J connectivity index is 1.09. The summed E-state index contributed by atoms with van der Waals surface area (Å²) in [6.45, 7) is 9.34. The van der Waals surface area contributed by atoms with Crippen molar-refractivity contribution in [2.75, 3.05) is 77.0 Å². The van der Waals surface area contributed by atoms with Crippen LogP contribution in [-0.4, -0.2) is 127 Å². The molecular formula is C36H51ClN8O3. The number of aryl methyl sites for hydroxylation is 1. The summed E-state index contributed by atoms with van der Waals surface area (Å²) in [6, 6.07) is 11.2. The van der Waals surface area contributed by atoms with Crippen molar-refractivity contribution < 1.29 is 14.4 Å². The quantitative estimate of drug-likeness (QED) is 0.383. The molecule has 12 heteroatoms. The van der Waals surface area contributed by atoms with E-state index in [0.717, 1.165) is 74.2 Å². The van der Waals surface area contributed by atoms with E-state index in [1.165, 1.54) is 0 Å². The molecule has 1 unspecified atom stereocenters. The molecule has 0 aromatic heterocycles. The Morgan fingerprint density at radius 1 is 0.938 bits per heavy atom. The maximum Gasteiger partial charge on any atom is 0.322 e. The Hall–Kier alpha value is -3.54. The van der Waals surface area contributed by atoms with Crippen molar-refractivity contribution >= 4 is 40.9 Å². The normalized spacial score (nSPS) is 21.0. The van der Waals surface area contributed by atoms with Gasteiger partial charge in [0.15, 0.2) is 0 Å². The number of nitrogens with two attached hydrogens (primary N) is 1. The predicted molar refractivity (Wildman–Crippen MR) is 190 cm³/mol. The van der Waals surface area contributed by atoms with Crippen LogP contribution in [-0.2, 0) is 24.1 Å². The number of nitrogens with zero attached hydrogens (tertiary/aromatic N) is 5. The van der Waals surface area contributed by atoms with Crippen LogP contribution < -0.4 is 16.4 Å². The van der Waals surface area contributed by atoms with Crippen molar-refractivity contribution in [2.24, 2.45) is 0 Å². The summed E-state index contributed by atoms with van der Waals surface area (Å²) in [6.07, 6.45) is 5.09. The lowest BCUT2D eigenvalue weighted by atomic mass is 9.98. The van der Waals surface area contributed by atoms with Crippen LogP contribution >= 0.6 is 11.6 Å². The number of benzene rings is 2. The molecule has 0 bridgehead atoms. The van der Waals surface area contributed by atoms with Gasteiger partial charge in [-0.2, -0.15) is 0 Å². The highest BCUT2D eigenvalue weighted by molar-refractivity contribution is 6.33. The molecule has 0 spiro atoms. The molecule has 3 saturated heterocycles. The van der Waals surface area contributed by atoms with Crippen LogP contribution in [0.3, 0.4) is 0 Å². The lowest BCUT2D eigenvalue weighted by Crippen LogP contribution is -2.58. The van der Waals surface area contributed by atoms with E-state index in [2.05, 4.69) is 33.5 Å². The summed E-state index contributed by atoms with van der Waals surface area (Å²) in [5.74, 6) is -0.0538. The topological polar surface area (TPSA) is 117 Å². The number of fused-ring (bicyclic) bond motifs is 1. The number of nitrogens with one attached hydrogen (secondary N) is 2. The molecule has 4 aliphatic rings. The molecule has 4 N–H and O–H groups in total. The molecule has 5 amide bonds. The van der Waals surface area contributed by atoms with E-state index in [0.29, 0.717) is 68.7 Å². The van der Waals surface area contributed by atoms with Crippen LogP contribution in [0, 0.1) is 0 Å². The van der Waals surface area contributed by atoms with Crippen LogP contribution in [0.1, 0.15) is 49.3 Å². The number of piperazine rings is 1. The Bertz CT molecular complexity index is 1470. The van der Waals surface area contributed by atoms with Gasteiger partial charge in [-0.15, -0.1) is 0 Å². The predicted octanol–water partition coefficient (Wildman–Crippen LogP) is 3.90. The summed E-state index contributed by atoms with van der Waals surface area (Å²) in [5, 5.41) is 6.66. The fourth-order valence-corrected chi connectivity index (χ4v) is 8.06. The Morgan fingerprint density at radius 3 is 2.31 bits per heavy atom. The number of hydrogen-bond acceptors (Lipinski definition) is 6. The molecule has 4 heterocycles. The van der Waals surface area contributed by atoms with E-state index in [1.54, 1.807) is 4.90 Å². The number of anilines is 2. The van der Waals surface area contributed by atoms with Crippen molar-refractivity contribution in [3.8, 4) is 0 Å². The fraction of sp³-hybridized carbons (Fsp3) is 0.583. The molecule has 0 radical (unpaired) electrons.